The van der Waals surface area contributed by atoms with E-state index in [1.54, 1.807) is 11.3 Å². The first-order valence-corrected chi connectivity index (χ1v) is 17.2. The van der Waals surface area contributed by atoms with E-state index in [0.717, 1.165) is 67.3 Å². The summed E-state index contributed by atoms with van der Waals surface area (Å²) in [5, 5.41) is 8.30. The van der Waals surface area contributed by atoms with Crippen molar-refractivity contribution in [1.82, 2.24) is 14.5 Å². The van der Waals surface area contributed by atoms with Crippen LogP contribution in [0.5, 0.6) is 0 Å². The van der Waals surface area contributed by atoms with Crippen LogP contribution in [0, 0.1) is 0 Å². The van der Waals surface area contributed by atoms with Crippen molar-refractivity contribution in [2.24, 2.45) is 0 Å². The number of furan rings is 1. The van der Waals surface area contributed by atoms with Crippen molar-refractivity contribution < 1.29 is 4.42 Å². The summed E-state index contributed by atoms with van der Waals surface area (Å²) >= 11 is 3.65. The highest BCUT2D eigenvalue weighted by Gasteiger charge is 2.25. The molecule has 0 fully saturated rings. The number of hydrogen-bond acceptors (Lipinski definition) is 5. The molecule has 0 saturated heterocycles. The number of aryl methyl sites for hydroxylation is 1. The molecule has 0 spiro atoms. The van der Waals surface area contributed by atoms with E-state index in [0.29, 0.717) is 5.95 Å². The molecule has 6 heteroatoms. The van der Waals surface area contributed by atoms with Crippen LogP contribution < -0.4 is 0 Å². The van der Waals surface area contributed by atoms with Gasteiger partial charge in [0.2, 0.25) is 5.95 Å². The number of para-hydroxylation sites is 3. The number of hydrogen-bond donors (Lipinski definition) is 0. The Morgan fingerprint density at radius 2 is 1.48 bits per heavy atom. The van der Waals surface area contributed by atoms with Gasteiger partial charge < -0.3 is 4.42 Å². The maximum absolute atomic E-state index is 6.59. The van der Waals surface area contributed by atoms with Crippen LogP contribution >= 0.6 is 22.7 Å². The van der Waals surface area contributed by atoms with Crippen LogP contribution in [-0.2, 0) is 6.42 Å². The smallest absolute Gasteiger partial charge is 0.236 e. The van der Waals surface area contributed by atoms with E-state index in [-0.39, 0.29) is 0 Å². The fourth-order valence-electron chi connectivity index (χ4n) is 7.50. The predicted molar refractivity (Wildman–Crippen MR) is 195 cm³/mol. The monoisotopic (exact) mass is 625 g/mol. The third kappa shape index (κ3) is 3.27. The molecule has 216 valence electrons. The number of rotatable bonds is 2. The number of aromatic nitrogens is 3. The number of fused-ring (bicyclic) bond motifs is 13. The second-order valence-corrected chi connectivity index (χ2v) is 14.1. The van der Waals surface area contributed by atoms with E-state index >= 15 is 0 Å². The van der Waals surface area contributed by atoms with Crippen molar-refractivity contribution in [2.75, 3.05) is 0 Å². The zero-order valence-corrected chi connectivity index (χ0v) is 26.1. The molecule has 5 heterocycles. The molecule has 0 unspecified atom stereocenters. The quantitative estimate of drug-likeness (QED) is 0.192. The van der Waals surface area contributed by atoms with Gasteiger partial charge in [-0.2, -0.15) is 0 Å². The van der Waals surface area contributed by atoms with Gasteiger partial charge in [-0.15, -0.1) is 22.7 Å². The highest BCUT2D eigenvalue weighted by Crippen LogP contribution is 2.46. The first kappa shape index (κ1) is 25.0. The largest absolute Gasteiger partial charge is 0.455 e. The summed E-state index contributed by atoms with van der Waals surface area (Å²) in [5.41, 5.74) is 7.18. The van der Waals surface area contributed by atoms with Crippen LogP contribution in [0.4, 0.5) is 0 Å². The second kappa shape index (κ2) is 9.13. The Labute approximate surface area is 270 Å². The Bertz CT molecular complexity index is 2940. The van der Waals surface area contributed by atoms with E-state index in [9.17, 15) is 0 Å². The molecular formula is C40H23N3OS2. The maximum atomic E-state index is 6.59. The van der Waals surface area contributed by atoms with Gasteiger partial charge in [0, 0.05) is 52.8 Å². The number of benzene rings is 5. The molecule has 0 atom stereocenters. The SMILES string of the molecule is C1=Cc2c(sc3nc(-n4c5ccccc5c5ccc6c7ccccc7sc6c54)nc(-c4cccc5c4oc4ccccc45)c23)CC1. The van der Waals surface area contributed by atoms with E-state index in [1.165, 1.54) is 41.4 Å². The summed E-state index contributed by atoms with van der Waals surface area (Å²) in [6, 6.07) is 36.6. The van der Waals surface area contributed by atoms with Crippen molar-refractivity contribution in [3.05, 3.63) is 120 Å². The molecule has 0 amide bonds. The third-order valence-electron chi connectivity index (χ3n) is 9.52. The van der Waals surface area contributed by atoms with E-state index < -0.39 is 0 Å². The Morgan fingerprint density at radius 3 is 2.43 bits per heavy atom. The fraction of sp³-hybridized carbons (Fsp3) is 0.0500. The van der Waals surface area contributed by atoms with Gasteiger partial charge in [-0.3, -0.25) is 4.57 Å². The van der Waals surface area contributed by atoms with Crippen molar-refractivity contribution in [2.45, 2.75) is 12.8 Å². The molecule has 0 N–H and O–H groups in total. The zero-order chi connectivity index (χ0) is 29.9. The molecule has 10 aromatic rings. The van der Waals surface area contributed by atoms with Crippen LogP contribution in [0.3, 0.4) is 0 Å². The number of thiophene rings is 2. The molecule has 1 aliphatic carbocycles. The van der Waals surface area contributed by atoms with Gasteiger partial charge >= 0.3 is 0 Å². The topological polar surface area (TPSA) is 43.9 Å². The van der Waals surface area contributed by atoms with E-state index in [4.69, 9.17) is 14.4 Å². The molecule has 5 aromatic carbocycles. The highest BCUT2D eigenvalue weighted by atomic mass is 32.1. The zero-order valence-electron chi connectivity index (χ0n) is 24.5. The van der Waals surface area contributed by atoms with Crippen LogP contribution in [0.1, 0.15) is 16.9 Å². The average Bonchev–Trinajstić information content (AvgIpc) is 3.86. The molecule has 4 nitrogen and oxygen atoms in total. The van der Waals surface area contributed by atoms with Crippen LogP contribution in [0.25, 0.3) is 97.4 Å². The lowest BCUT2D eigenvalue weighted by Gasteiger charge is -2.12. The fourth-order valence-corrected chi connectivity index (χ4v) is 9.91. The molecule has 0 aliphatic heterocycles. The van der Waals surface area contributed by atoms with Crippen molar-refractivity contribution in [1.29, 1.82) is 0 Å². The second-order valence-electron chi connectivity index (χ2n) is 12.0. The lowest BCUT2D eigenvalue weighted by molar-refractivity contribution is 0.670. The van der Waals surface area contributed by atoms with Crippen molar-refractivity contribution in [3.8, 4) is 17.2 Å². The van der Waals surface area contributed by atoms with Crippen molar-refractivity contribution >= 4 is 103 Å². The summed E-state index contributed by atoms with van der Waals surface area (Å²) < 4.78 is 11.4. The number of allylic oxidation sites excluding steroid dienone is 1. The van der Waals surface area contributed by atoms with Gasteiger partial charge in [0.15, 0.2) is 0 Å². The Balaban J connectivity index is 1.31. The molecule has 0 radical (unpaired) electrons. The molecule has 1 aliphatic rings. The first-order valence-electron chi connectivity index (χ1n) is 15.6. The Kier molecular flexibility index (Phi) is 4.95. The standard InChI is InChI=1S/C40H23N3OS2/c1-5-16-30-22(10-1)25-20-21-27-24-12-3-7-18-32(24)45-38(27)36(25)43(30)40-41-35(34-28-13-4-8-19-33(28)46-39(34)42-40)29-15-9-14-26-23-11-2-6-17-31(23)44-37(26)29/h1-7,9-18,20-21H,8,19H2. The van der Waals surface area contributed by atoms with Crippen LogP contribution in [-0.4, -0.2) is 14.5 Å². The summed E-state index contributed by atoms with van der Waals surface area (Å²) in [4.78, 5) is 13.3. The maximum Gasteiger partial charge on any atom is 0.236 e. The summed E-state index contributed by atoms with van der Waals surface area (Å²) in [7, 11) is 0. The lowest BCUT2D eigenvalue weighted by atomic mass is 9.99. The minimum atomic E-state index is 0.689. The minimum Gasteiger partial charge on any atom is -0.455 e. The van der Waals surface area contributed by atoms with E-state index in [1.807, 2.05) is 23.5 Å². The molecule has 11 rings (SSSR count). The molecular weight excluding hydrogens is 603 g/mol. The van der Waals surface area contributed by atoms with Gasteiger partial charge in [0.25, 0.3) is 0 Å². The highest BCUT2D eigenvalue weighted by molar-refractivity contribution is 7.26. The Morgan fingerprint density at radius 1 is 0.674 bits per heavy atom. The average molecular weight is 626 g/mol. The van der Waals surface area contributed by atoms with E-state index in [2.05, 4.69) is 108 Å². The third-order valence-corrected chi connectivity index (χ3v) is 11.9. The number of nitrogens with zero attached hydrogens (tertiary/aromatic N) is 3. The summed E-state index contributed by atoms with van der Waals surface area (Å²) in [6.07, 6.45) is 6.61. The Hall–Kier alpha value is -5.30. The molecule has 0 bridgehead atoms. The molecule has 46 heavy (non-hydrogen) atoms. The van der Waals surface area contributed by atoms with Gasteiger partial charge in [-0.1, -0.05) is 91.0 Å². The first-order chi connectivity index (χ1) is 22.8. The van der Waals surface area contributed by atoms with Gasteiger partial charge in [-0.25, -0.2) is 9.97 Å². The minimum absolute atomic E-state index is 0.689. The molecule has 5 aromatic heterocycles. The molecule has 0 saturated carbocycles. The summed E-state index contributed by atoms with van der Waals surface area (Å²) in [5.74, 6) is 0.689. The van der Waals surface area contributed by atoms with Gasteiger partial charge in [0.1, 0.15) is 16.0 Å². The predicted octanol–water partition coefficient (Wildman–Crippen LogP) is 11.7. The van der Waals surface area contributed by atoms with Crippen LogP contribution in [0.15, 0.2) is 114 Å². The van der Waals surface area contributed by atoms with Gasteiger partial charge in [-0.05, 0) is 42.7 Å². The van der Waals surface area contributed by atoms with Crippen molar-refractivity contribution in [3.63, 3.8) is 0 Å². The lowest BCUT2D eigenvalue weighted by Crippen LogP contribution is -2.03. The summed E-state index contributed by atoms with van der Waals surface area (Å²) in [6.45, 7) is 0. The normalized spacial score (nSPS) is 13.4. The van der Waals surface area contributed by atoms with Crippen LogP contribution in [0.2, 0.25) is 0 Å². The van der Waals surface area contributed by atoms with Gasteiger partial charge in [0.05, 0.1) is 21.4 Å².